The van der Waals surface area contributed by atoms with Gasteiger partial charge in [0.25, 0.3) is 5.91 Å². The molecule has 1 fully saturated rings. The Balaban J connectivity index is 1.61. The second-order valence-electron chi connectivity index (χ2n) is 6.22. The third-order valence-electron chi connectivity index (χ3n) is 4.63. The first-order chi connectivity index (χ1) is 10.5. The highest BCUT2D eigenvalue weighted by Crippen LogP contribution is 2.27. The molecule has 1 aliphatic carbocycles. The summed E-state index contributed by atoms with van der Waals surface area (Å²) in [5.74, 6) is 0.107. The molecule has 0 bridgehead atoms. The second kappa shape index (κ2) is 5.99. The number of benzene rings is 1. The number of carbonyl (C=O) groups excluding carboxylic acids is 2. The van der Waals surface area contributed by atoms with Gasteiger partial charge >= 0.3 is 0 Å². The van der Waals surface area contributed by atoms with Gasteiger partial charge in [0.1, 0.15) is 5.75 Å². The molecular formula is C17H22N2O3. The molecule has 1 heterocycles. The Labute approximate surface area is 130 Å². The van der Waals surface area contributed by atoms with E-state index < -0.39 is 6.10 Å². The predicted octanol–water partition coefficient (Wildman–Crippen LogP) is 1.28. The molecule has 3 rings (SSSR count). The zero-order valence-electron chi connectivity index (χ0n) is 12.9. The van der Waals surface area contributed by atoms with Crippen molar-refractivity contribution < 1.29 is 14.3 Å². The maximum absolute atomic E-state index is 12.4. The van der Waals surface area contributed by atoms with Crippen LogP contribution in [0.1, 0.15) is 30.9 Å². The minimum atomic E-state index is -0.550. The summed E-state index contributed by atoms with van der Waals surface area (Å²) in [5, 5.41) is 0. The Morgan fingerprint density at radius 2 is 2.09 bits per heavy atom. The fraction of sp³-hybridized carbons (Fsp3) is 0.529. The van der Waals surface area contributed by atoms with Gasteiger partial charge in [-0.05, 0) is 55.9 Å². The highest BCUT2D eigenvalue weighted by atomic mass is 16.5. The number of carbonyl (C=O) groups is 2. The van der Waals surface area contributed by atoms with E-state index in [1.165, 1.54) is 17.5 Å². The zero-order valence-corrected chi connectivity index (χ0v) is 12.9. The summed E-state index contributed by atoms with van der Waals surface area (Å²) < 4.78 is 5.80. The van der Waals surface area contributed by atoms with E-state index in [2.05, 4.69) is 6.07 Å². The van der Waals surface area contributed by atoms with Gasteiger partial charge in [0.2, 0.25) is 5.91 Å². The van der Waals surface area contributed by atoms with Crippen molar-refractivity contribution in [1.29, 1.82) is 0 Å². The van der Waals surface area contributed by atoms with Crippen LogP contribution in [-0.2, 0) is 22.4 Å². The quantitative estimate of drug-likeness (QED) is 0.910. The summed E-state index contributed by atoms with van der Waals surface area (Å²) in [6.07, 6.45) is 3.50. The lowest BCUT2D eigenvalue weighted by atomic mass is 10.1. The van der Waals surface area contributed by atoms with Crippen LogP contribution in [0.2, 0.25) is 0 Å². The van der Waals surface area contributed by atoms with Crippen LogP contribution in [-0.4, -0.2) is 35.9 Å². The van der Waals surface area contributed by atoms with Crippen LogP contribution in [0.3, 0.4) is 0 Å². The number of nitrogens with two attached hydrogens (primary N) is 1. The van der Waals surface area contributed by atoms with Gasteiger partial charge in [-0.2, -0.15) is 0 Å². The number of hydrogen-bond donors (Lipinski definition) is 1. The van der Waals surface area contributed by atoms with Crippen LogP contribution < -0.4 is 10.5 Å². The van der Waals surface area contributed by atoms with E-state index in [4.69, 9.17) is 10.5 Å². The number of primary amides is 1. The highest BCUT2D eigenvalue weighted by Gasteiger charge is 2.32. The van der Waals surface area contributed by atoms with E-state index in [9.17, 15) is 9.59 Å². The van der Waals surface area contributed by atoms with Gasteiger partial charge in [0.05, 0.1) is 5.92 Å². The first-order valence-corrected chi connectivity index (χ1v) is 7.91. The molecule has 0 radical (unpaired) electrons. The predicted molar refractivity (Wildman–Crippen MR) is 82.4 cm³/mol. The van der Waals surface area contributed by atoms with Crippen molar-refractivity contribution in [1.82, 2.24) is 4.90 Å². The van der Waals surface area contributed by atoms with Gasteiger partial charge in [-0.25, -0.2) is 0 Å². The molecule has 0 spiro atoms. The lowest BCUT2D eigenvalue weighted by Gasteiger charge is -2.22. The Bertz CT molecular complexity index is 600. The third kappa shape index (κ3) is 2.93. The molecule has 1 aromatic carbocycles. The number of fused-ring (bicyclic) bond motifs is 1. The molecule has 2 N–H and O–H groups in total. The average Bonchev–Trinajstić information content (AvgIpc) is 3.15. The summed E-state index contributed by atoms with van der Waals surface area (Å²) >= 11 is 0. The van der Waals surface area contributed by atoms with E-state index in [1.54, 1.807) is 11.8 Å². The van der Waals surface area contributed by atoms with Crippen molar-refractivity contribution in [3.8, 4) is 5.75 Å². The molecule has 118 valence electrons. The largest absolute Gasteiger partial charge is 0.481 e. The van der Waals surface area contributed by atoms with Crippen LogP contribution in [0.4, 0.5) is 0 Å². The molecule has 0 unspecified atom stereocenters. The first-order valence-electron chi connectivity index (χ1n) is 7.91. The molecule has 5 heteroatoms. The van der Waals surface area contributed by atoms with Gasteiger partial charge in [0, 0.05) is 13.1 Å². The van der Waals surface area contributed by atoms with Crippen LogP contribution in [0.5, 0.6) is 5.75 Å². The van der Waals surface area contributed by atoms with Gasteiger partial charge in [0.15, 0.2) is 6.10 Å². The standard InChI is InChI=1S/C17H22N2O3/c1-11(17(21)19-8-7-14(10-19)16(18)20)22-15-6-5-12-3-2-4-13(12)9-15/h5-6,9,11,14H,2-4,7-8,10H2,1H3,(H2,18,20)/t11-,14-/m0/s1. The average molecular weight is 302 g/mol. The molecule has 0 saturated carbocycles. The summed E-state index contributed by atoms with van der Waals surface area (Å²) in [4.78, 5) is 25.3. The topological polar surface area (TPSA) is 72.6 Å². The van der Waals surface area contributed by atoms with Crippen molar-refractivity contribution in [3.05, 3.63) is 29.3 Å². The molecule has 2 atom stereocenters. The molecule has 5 nitrogen and oxygen atoms in total. The molecule has 1 saturated heterocycles. The monoisotopic (exact) mass is 302 g/mol. The van der Waals surface area contributed by atoms with Crippen molar-refractivity contribution in [2.45, 2.75) is 38.7 Å². The van der Waals surface area contributed by atoms with Crippen LogP contribution in [0, 0.1) is 5.92 Å². The molecule has 0 aromatic heterocycles. The third-order valence-corrected chi connectivity index (χ3v) is 4.63. The van der Waals surface area contributed by atoms with Crippen molar-refractivity contribution in [3.63, 3.8) is 0 Å². The summed E-state index contributed by atoms with van der Waals surface area (Å²) in [7, 11) is 0. The number of nitrogens with zero attached hydrogens (tertiary/aromatic N) is 1. The van der Waals surface area contributed by atoms with E-state index in [0.29, 0.717) is 19.5 Å². The summed E-state index contributed by atoms with van der Waals surface area (Å²) in [6, 6.07) is 6.07. The smallest absolute Gasteiger partial charge is 0.263 e. The Kier molecular flexibility index (Phi) is 4.05. The van der Waals surface area contributed by atoms with E-state index >= 15 is 0 Å². The molecule has 2 amide bonds. The van der Waals surface area contributed by atoms with Gasteiger partial charge in [-0.15, -0.1) is 0 Å². The minimum absolute atomic E-state index is 0.0794. The van der Waals surface area contributed by atoms with Crippen LogP contribution in [0.25, 0.3) is 0 Å². The number of hydrogen-bond acceptors (Lipinski definition) is 3. The fourth-order valence-corrected chi connectivity index (χ4v) is 3.33. The number of ether oxygens (including phenoxy) is 1. The molecule has 2 aliphatic rings. The summed E-state index contributed by atoms with van der Waals surface area (Å²) in [6.45, 7) is 2.74. The van der Waals surface area contributed by atoms with E-state index in [0.717, 1.165) is 18.6 Å². The van der Waals surface area contributed by atoms with Gasteiger partial charge < -0.3 is 15.4 Å². The van der Waals surface area contributed by atoms with Crippen LogP contribution >= 0.6 is 0 Å². The molecular weight excluding hydrogens is 280 g/mol. The second-order valence-corrected chi connectivity index (χ2v) is 6.22. The number of rotatable bonds is 4. The van der Waals surface area contributed by atoms with Crippen molar-refractivity contribution in [2.24, 2.45) is 11.7 Å². The molecule has 1 aromatic rings. The first kappa shape index (κ1) is 14.9. The summed E-state index contributed by atoms with van der Waals surface area (Å²) in [5.41, 5.74) is 8.01. The molecule has 22 heavy (non-hydrogen) atoms. The van der Waals surface area contributed by atoms with Crippen LogP contribution in [0.15, 0.2) is 18.2 Å². The SMILES string of the molecule is C[C@H](Oc1ccc2c(c1)CCC2)C(=O)N1CC[C@H](C(N)=O)C1. The maximum Gasteiger partial charge on any atom is 0.263 e. The van der Waals surface area contributed by atoms with Gasteiger partial charge in [-0.1, -0.05) is 6.07 Å². The highest BCUT2D eigenvalue weighted by molar-refractivity contribution is 5.83. The lowest BCUT2D eigenvalue weighted by Crippen LogP contribution is -2.40. The van der Waals surface area contributed by atoms with E-state index in [1.807, 2.05) is 12.1 Å². The zero-order chi connectivity index (χ0) is 15.7. The van der Waals surface area contributed by atoms with E-state index in [-0.39, 0.29) is 17.7 Å². The number of aryl methyl sites for hydroxylation is 2. The van der Waals surface area contributed by atoms with Gasteiger partial charge in [-0.3, -0.25) is 9.59 Å². The Morgan fingerprint density at radius 3 is 2.82 bits per heavy atom. The Morgan fingerprint density at radius 1 is 1.32 bits per heavy atom. The Hall–Kier alpha value is -2.04. The van der Waals surface area contributed by atoms with Crippen molar-refractivity contribution in [2.75, 3.05) is 13.1 Å². The fourth-order valence-electron chi connectivity index (χ4n) is 3.33. The van der Waals surface area contributed by atoms with Crippen molar-refractivity contribution >= 4 is 11.8 Å². The maximum atomic E-state index is 12.4. The number of likely N-dealkylation sites (tertiary alicyclic amines) is 1. The lowest BCUT2D eigenvalue weighted by molar-refractivity contribution is -0.137. The normalized spacial score (nSPS) is 21.5. The number of amides is 2. The molecule has 1 aliphatic heterocycles. The minimum Gasteiger partial charge on any atom is -0.481 e.